The van der Waals surface area contributed by atoms with Crippen LogP contribution < -0.4 is 10.2 Å². The third-order valence-electron chi connectivity index (χ3n) is 5.12. The van der Waals surface area contributed by atoms with E-state index in [4.69, 9.17) is 0 Å². The number of carbonyl (C=O) groups excluding carboxylic acids is 1. The highest BCUT2D eigenvalue weighted by Crippen LogP contribution is 2.23. The molecule has 2 aliphatic rings. The maximum atomic E-state index is 14.6. The third-order valence-corrected chi connectivity index (χ3v) is 5.12. The van der Waals surface area contributed by atoms with Gasteiger partial charge in [-0.25, -0.2) is 4.39 Å². The molecule has 0 spiro atoms. The first kappa shape index (κ1) is 23.0. The maximum absolute atomic E-state index is 14.6. The second kappa shape index (κ2) is 10.3. The molecule has 1 aromatic carbocycles. The monoisotopic (exact) mass is 406 g/mol. The molecular formula is C18H29Cl2FN4O. The van der Waals surface area contributed by atoms with Crippen LogP contribution in [0.25, 0.3) is 0 Å². The standard InChI is InChI=1S/C18H27FN4O.2ClH/c1-3-21-8-10-22(11-9-21)17-5-4-15(12-16(17)19)18(24)23-7-6-20-13-14(23)2;;/h4-5,12,14,20H,3,6-11,13H2,1-2H3;2*1H. The zero-order valence-electron chi connectivity index (χ0n) is 15.4. The number of rotatable bonds is 3. The van der Waals surface area contributed by atoms with Gasteiger partial charge in [-0.15, -0.1) is 24.8 Å². The van der Waals surface area contributed by atoms with Crippen molar-refractivity contribution in [3.05, 3.63) is 29.6 Å². The second-order valence-corrected chi connectivity index (χ2v) is 6.64. The lowest BCUT2D eigenvalue weighted by Crippen LogP contribution is -2.52. The molecule has 1 N–H and O–H groups in total. The van der Waals surface area contributed by atoms with Crippen LogP contribution in [0.4, 0.5) is 10.1 Å². The van der Waals surface area contributed by atoms with E-state index in [1.54, 1.807) is 12.1 Å². The molecule has 0 aromatic heterocycles. The van der Waals surface area contributed by atoms with Crippen LogP contribution in [-0.4, -0.2) is 74.1 Å². The second-order valence-electron chi connectivity index (χ2n) is 6.64. The average Bonchev–Trinajstić information content (AvgIpc) is 2.61. The fourth-order valence-electron chi connectivity index (χ4n) is 3.51. The first-order valence-corrected chi connectivity index (χ1v) is 8.88. The van der Waals surface area contributed by atoms with Crippen LogP contribution in [0.2, 0.25) is 0 Å². The Morgan fingerprint density at radius 2 is 1.88 bits per heavy atom. The maximum Gasteiger partial charge on any atom is 0.254 e. The zero-order chi connectivity index (χ0) is 17.1. The predicted molar refractivity (Wildman–Crippen MR) is 109 cm³/mol. The van der Waals surface area contributed by atoms with Crippen molar-refractivity contribution in [2.75, 3.05) is 57.3 Å². The van der Waals surface area contributed by atoms with E-state index in [0.717, 1.165) is 45.8 Å². The van der Waals surface area contributed by atoms with Crippen molar-refractivity contribution in [1.29, 1.82) is 0 Å². The number of nitrogens with one attached hydrogen (secondary N) is 1. The molecule has 0 bridgehead atoms. The van der Waals surface area contributed by atoms with Gasteiger partial charge in [0.1, 0.15) is 5.82 Å². The molecule has 26 heavy (non-hydrogen) atoms. The van der Waals surface area contributed by atoms with Crippen molar-refractivity contribution in [1.82, 2.24) is 15.1 Å². The number of hydrogen-bond acceptors (Lipinski definition) is 4. The van der Waals surface area contributed by atoms with Crippen LogP contribution in [0.15, 0.2) is 18.2 Å². The minimum absolute atomic E-state index is 0. The summed E-state index contributed by atoms with van der Waals surface area (Å²) in [6, 6.07) is 5.06. The molecule has 0 saturated carbocycles. The van der Waals surface area contributed by atoms with Gasteiger partial charge in [-0.05, 0) is 31.7 Å². The Kier molecular flexibility index (Phi) is 9.10. The summed E-state index contributed by atoms with van der Waals surface area (Å²) in [6.07, 6.45) is 0. The average molecular weight is 407 g/mol. The molecule has 1 unspecified atom stereocenters. The van der Waals surface area contributed by atoms with Gasteiger partial charge in [0, 0.05) is 57.4 Å². The van der Waals surface area contributed by atoms with E-state index in [-0.39, 0.29) is 42.6 Å². The number of amides is 1. The van der Waals surface area contributed by atoms with E-state index >= 15 is 0 Å². The fraction of sp³-hybridized carbons (Fsp3) is 0.611. The lowest BCUT2D eigenvalue weighted by Gasteiger charge is -2.36. The molecule has 1 atom stereocenters. The van der Waals surface area contributed by atoms with Gasteiger partial charge in [-0.2, -0.15) is 0 Å². The van der Waals surface area contributed by atoms with Gasteiger partial charge in [0.25, 0.3) is 5.91 Å². The molecule has 5 nitrogen and oxygen atoms in total. The Bertz CT molecular complexity index is 597. The Labute approximate surface area is 167 Å². The smallest absolute Gasteiger partial charge is 0.254 e. The molecule has 2 fully saturated rings. The molecule has 0 radical (unpaired) electrons. The van der Waals surface area contributed by atoms with Gasteiger partial charge in [0.15, 0.2) is 0 Å². The first-order valence-electron chi connectivity index (χ1n) is 8.88. The van der Waals surface area contributed by atoms with Gasteiger partial charge in [-0.3, -0.25) is 4.79 Å². The van der Waals surface area contributed by atoms with Crippen LogP contribution in [0.3, 0.4) is 0 Å². The van der Waals surface area contributed by atoms with Crippen molar-refractivity contribution in [3.8, 4) is 0 Å². The molecule has 1 amide bonds. The summed E-state index contributed by atoms with van der Waals surface area (Å²) in [6.45, 7) is 11.0. The van der Waals surface area contributed by atoms with E-state index in [9.17, 15) is 9.18 Å². The van der Waals surface area contributed by atoms with E-state index in [0.29, 0.717) is 17.8 Å². The van der Waals surface area contributed by atoms with Crippen LogP contribution in [-0.2, 0) is 0 Å². The summed E-state index contributed by atoms with van der Waals surface area (Å²) < 4.78 is 14.6. The summed E-state index contributed by atoms with van der Waals surface area (Å²) in [5.74, 6) is -0.376. The lowest BCUT2D eigenvalue weighted by atomic mass is 10.1. The SMILES string of the molecule is CCN1CCN(c2ccc(C(=O)N3CCNCC3C)cc2F)CC1.Cl.Cl. The van der Waals surface area contributed by atoms with Crippen molar-refractivity contribution >= 4 is 36.4 Å². The van der Waals surface area contributed by atoms with Crippen LogP contribution in [0.5, 0.6) is 0 Å². The molecule has 148 valence electrons. The quantitative estimate of drug-likeness (QED) is 0.835. The van der Waals surface area contributed by atoms with Crippen molar-refractivity contribution in [2.45, 2.75) is 19.9 Å². The highest BCUT2D eigenvalue weighted by atomic mass is 35.5. The van der Waals surface area contributed by atoms with Crippen LogP contribution in [0.1, 0.15) is 24.2 Å². The number of anilines is 1. The normalized spacial score (nSPS) is 21.0. The van der Waals surface area contributed by atoms with Gasteiger partial charge in [-0.1, -0.05) is 6.92 Å². The number of nitrogens with zero attached hydrogens (tertiary/aromatic N) is 3. The topological polar surface area (TPSA) is 38.8 Å². The minimum Gasteiger partial charge on any atom is -0.367 e. The van der Waals surface area contributed by atoms with Crippen molar-refractivity contribution in [2.24, 2.45) is 0 Å². The first-order chi connectivity index (χ1) is 11.6. The summed E-state index contributed by atoms with van der Waals surface area (Å²) >= 11 is 0. The Balaban J connectivity index is 0.00000169. The Morgan fingerprint density at radius 1 is 1.19 bits per heavy atom. The number of hydrogen-bond donors (Lipinski definition) is 1. The molecule has 8 heteroatoms. The highest BCUT2D eigenvalue weighted by Gasteiger charge is 2.25. The van der Waals surface area contributed by atoms with E-state index < -0.39 is 0 Å². The van der Waals surface area contributed by atoms with E-state index in [1.807, 2.05) is 11.8 Å². The molecule has 2 aliphatic heterocycles. The van der Waals surface area contributed by atoms with Gasteiger partial charge in [0.2, 0.25) is 0 Å². The number of halogens is 3. The third kappa shape index (κ3) is 5.00. The summed E-state index contributed by atoms with van der Waals surface area (Å²) in [5.41, 5.74) is 1.05. The van der Waals surface area contributed by atoms with Gasteiger partial charge >= 0.3 is 0 Å². The summed E-state index contributed by atoms with van der Waals surface area (Å²) in [4.78, 5) is 18.9. The van der Waals surface area contributed by atoms with E-state index in [1.165, 1.54) is 6.07 Å². The fourth-order valence-corrected chi connectivity index (χ4v) is 3.51. The number of benzene rings is 1. The molecule has 3 rings (SSSR count). The molecule has 2 heterocycles. The zero-order valence-corrected chi connectivity index (χ0v) is 17.0. The molecular weight excluding hydrogens is 378 g/mol. The minimum atomic E-state index is -0.298. The van der Waals surface area contributed by atoms with Crippen LogP contribution >= 0.6 is 24.8 Å². The number of piperazine rings is 2. The van der Waals surface area contributed by atoms with Crippen molar-refractivity contribution in [3.63, 3.8) is 0 Å². The number of carbonyl (C=O) groups is 1. The van der Waals surface area contributed by atoms with Crippen LogP contribution in [0, 0.1) is 5.82 Å². The largest absolute Gasteiger partial charge is 0.367 e. The molecule has 0 aliphatic carbocycles. The molecule has 1 aromatic rings. The lowest BCUT2D eigenvalue weighted by molar-refractivity contribution is 0.0655. The Hall–Kier alpha value is -1.08. The number of likely N-dealkylation sites (N-methyl/N-ethyl adjacent to an activating group) is 1. The van der Waals surface area contributed by atoms with E-state index in [2.05, 4.69) is 22.0 Å². The molecule has 2 saturated heterocycles. The highest BCUT2D eigenvalue weighted by molar-refractivity contribution is 5.95. The Morgan fingerprint density at radius 3 is 2.46 bits per heavy atom. The van der Waals surface area contributed by atoms with Gasteiger partial charge < -0.3 is 20.0 Å². The summed E-state index contributed by atoms with van der Waals surface area (Å²) in [5, 5.41) is 3.26. The van der Waals surface area contributed by atoms with Crippen molar-refractivity contribution < 1.29 is 9.18 Å². The predicted octanol–water partition coefficient (Wildman–Crippen LogP) is 2.25. The summed E-state index contributed by atoms with van der Waals surface area (Å²) in [7, 11) is 0. The van der Waals surface area contributed by atoms with Gasteiger partial charge in [0.05, 0.1) is 5.69 Å².